The third-order valence-corrected chi connectivity index (χ3v) is 5.68. The van der Waals surface area contributed by atoms with E-state index in [1.807, 2.05) is 0 Å². The highest BCUT2D eigenvalue weighted by Gasteiger charge is 2.46. The zero-order valence-corrected chi connectivity index (χ0v) is 11.6. The van der Waals surface area contributed by atoms with E-state index in [9.17, 15) is 8.42 Å². The monoisotopic (exact) mass is 247 g/mol. The second kappa shape index (κ2) is 5.50. The lowest BCUT2D eigenvalue weighted by Crippen LogP contribution is -2.35. The summed E-state index contributed by atoms with van der Waals surface area (Å²) in [5.41, 5.74) is 0.402. The molecular weight excluding hydrogens is 222 g/mol. The second-order valence-corrected chi connectivity index (χ2v) is 7.45. The summed E-state index contributed by atoms with van der Waals surface area (Å²) in [5.74, 6) is 0.646. The van der Waals surface area contributed by atoms with Gasteiger partial charge in [-0.05, 0) is 44.6 Å². The van der Waals surface area contributed by atoms with Gasteiger partial charge in [0.05, 0.1) is 5.75 Å². The normalized spacial score (nSPS) is 20.7. The number of hydrogen-bond acceptors (Lipinski definition) is 3. The van der Waals surface area contributed by atoms with E-state index in [2.05, 4.69) is 19.2 Å². The first-order valence-corrected chi connectivity index (χ1v) is 8.22. The third kappa shape index (κ3) is 3.74. The van der Waals surface area contributed by atoms with Gasteiger partial charge in [-0.2, -0.15) is 0 Å². The fourth-order valence-corrected chi connectivity index (χ4v) is 3.24. The Morgan fingerprint density at radius 1 is 1.31 bits per heavy atom. The van der Waals surface area contributed by atoms with Gasteiger partial charge in [0.1, 0.15) is 9.84 Å². The fraction of sp³-hybridized carbons (Fsp3) is 1.00. The SMILES string of the molecule is CCNC(C)C1(CCCS(=O)(=O)CC)CC1. The molecule has 1 unspecified atom stereocenters. The lowest BCUT2D eigenvalue weighted by Gasteiger charge is -2.24. The van der Waals surface area contributed by atoms with Crippen LogP contribution in [0.25, 0.3) is 0 Å². The van der Waals surface area contributed by atoms with Crippen LogP contribution in [-0.2, 0) is 9.84 Å². The average Bonchev–Trinajstić information content (AvgIpc) is 2.99. The highest BCUT2D eigenvalue weighted by Crippen LogP contribution is 2.52. The summed E-state index contributed by atoms with van der Waals surface area (Å²) in [4.78, 5) is 0. The van der Waals surface area contributed by atoms with Crippen molar-refractivity contribution in [3.8, 4) is 0 Å². The summed E-state index contributed by atoms with van der Waals surface area (Å²) >= 11 is 0. The van der Waals surface area contributed by atoms with Crippen LogP contribution in [0.3, 0.4) is 0 Å². The van der Waals surface area contributed by atoms with Gasteiger partial charge in [0, 0.05) is 11.8 Å². The molecule has 4 heteroatoms. The van der Waals surface area contributed by atoms with Gasteiger partial charge in [0.15, 0.2) is 0 Å². The second-order valence-electron chi connectivity index (χ2n) is 4.98. The van der Waals surface area contributed by atoms with E-state index in [-0.39, 0.29) is 5.75 Å². The first kappa shape index (κ1) is 14.0. The molecular formula is C12H25NO2S. The van der Waals surface area contributed by atoms with Crippen molar-refractivity contribution in [1.82, 2.24) is 5.32 Å². The van der Waals surface area contributed by atoms with Gasteiger partial charge in [-0.15, -0.1) is 0 Å². The van der Waals surface area contributed by atoms with Crippen molar-refractivity contribution in [3.05, 3.63) is 0 Å². The molecule has 1 N–H and O–H groups in total. The molecule has 0 spiro atoms. The molecule has 0 aromatic carbocycles. The Morgan fingerprint density at radius 3 is 2.38 bits per heavy atom. The van der Waals surface area contributed by atoms with Crippen molar-refractivity contribution in [2.75, 3.05) is 18.1 Å². The van der Waals surface area contributed by atoms with Crippen molar-refractivity contribution in [2.45, 2.75) is 52.5 Å². The first-order chi connectivity index (χ1) is 7.46. The van der Waals surface area contributed by atoms with Crippen LogP contribution in [0.15, 0.2) is 0 Å². The van der Waals surface area contributed by atoms with Crippen molar-refractivity contribution in [3.63, 3.8) is 0 Å². The maximum absolute atomic E-state index is 11.4. The molecule has 0 saturated heterocycles. The molecule has 1 rings (SSSR count). The Hall–Kier alpha value is -0.0900. The van der Waals surface area contributed by atoms with Gasteiger partial charge in [-0.1, -0.05) is 13.8 Å². The molecule has 1 aliphatic rings. The third-order valence-electron chi connectivity index (χ3n) is 3.89. The molecule has 16 heavy (non-hydrogen) atoms. The summed E-state index contributed by atoms with van der Waals surface area (Å²) in [5, 5.41) is 3.46. The Balaban J connectivity index is 2.33. The zero-order chi connectivity index (χ0) is 12.2. The highest BCUT2D eigenvalue weighted by atomic mass is 32.2. The lowest BCUT2D eigenvalue weighted by atomic mass is 9.92. The van der Waals surface area contributed by atoms with Crippen LogP contribution < -0.4 is 5.32 Å². The molecule has 0 heterocycles. The number of sulfone groups is 1. The van der Waals surface area contributed by atoms with E-state index >= 15 is 0 Å². The van der Waals surface area contributed by atoms with Gasteiger partial charge >= 0.3 is 0 Å². The van der Waals surface area contributed by atoms with Crippen LogP contribution in [0.4, 0.5) is 0 Å². The Bertz CT molecular complexity index is 307. The first-order valence-electron chi connectivity index (χ1n) is 6.39. The van der Waals surface area contributed by atoms with Crippen LogP contribution in [0.2, 0.25) is 0 Å². The van der Waals surface area contributed by atoms with Crippen molar-refractivity contribution in [2.24, 2.45) is 5.41 Å². The molecule has 1 fully saturated rings. The minimum absolute atomic E-state index is 0.281. The van der Waals surface area contributed by atoms with Crippen LogP contribution in [-0.4, -0.2) is 32.5 Å². The summed E-state index contributed by atoms with van der Waals surface area (Å²) < 4.78 is 22.8. The predicted molar refractivity (Wildman–Crippen MR) is 68.4 cm³/mol. The van der Waals surface area contributed by atoms with Gasteiger partial charge < -0.3 is 5.32 Å². The van der Waals surface area contributed by atoms with Gasteiger partial charge in [-0.25, -0.2) is 8.42 Å². The number of rotatable bonds is 8. The van der Waals surface area contributed by atoms with Crippen molar-refractivity contribution in [1.29, 1.82) is 0 Å². The smallest absolute Gasteiger partial charge is 0.150 e. The van der Waals surface area contributed by atoms with E-state index < -0.39 is 9.84 Å². The number of hydrogen-bond donors (Lipinski definition) is 1. The van der Waals surface area contributed by atoms with Crippen LogP contribution in [0, 0.1) is 5.41 Å². The highest BCUT2D eigenvalue weighted by molar-refractivity contribution is 7.91. The Morgan fingerprint density at radius 2 is 1.94 bits per heavy atom. The topological polar surface area (TPSA) is 46.2 Å². The number of nitrogens with one attached hydrogen (secondary N) is 1. The summed E-state index contributed by atoms with van der Waals surface area (Å²) in [6.45, 7) is 7.07. The molecule has 0 aliphatic heterocycles. The predicted octanol–water partition coefficient (Wildman–Crippen LogP) is 1.98. The van der Waals surface area contributed by atoms with Gasteiger partial charge in [-0.3, -0.25) is 0 Å². The minimum Gasteiger partial charge on any atom is -0.314 e. The maximum Gasteiger partial charge on any atom is 0.150 e. The van der Waals surface area contributed by atoms with Crippen LogP contribution in [0.5, 0.6) is 0 Å². The maximum atomic E-state index is 11.4. The van der Waals surface area contributed by atoms with Crippen LogP contribution in [0.1, 0.15) is 46.5 Å². The quantitative estimate of drug-likeness (QED) is 0.713. The molecule has 96 valence electrons. The summed E-state index contributed by atoms with van der Waals surface area (Å²) in [6.07, 6.45) is 4.40. The molecule has 0 bridgehead atoms. The molecule has 3 nitrogen and oxygen atoms in total. The largest absolute Gasteiger partial charge is 0.314 e. The van der Waals surface area contributed by atoms with E-state index in [0.29, 0.717) is 17.2 Å². The van der Waals surface area contributed by atoms with E-state index in [4.69, 9.17) is 0 Å². The molecule has 0 radical (unpaired) electrons. The van der Waals surface area contributed by atoms with E-state index in [0.717, 1.165) is 19.4 Å². The molecule has 1 saturated carbocycles. The molecule has 0 aromatic rings. The average molecular weight is 247 g/mol. The lowest BCUT2D eigenvalue weighted by molar-refractivity contribution is 0.333. The van der Waals surface area contributed by atoms with E-state index in [1.165, 1.54) is 12.8 Å². The zero-order valence-electron chi connectivity index (χ0n) is 10.8. The van der Waals surface area contributed by atoms with Gasteiger partial charge in [0.25, 0.3) is 0 Å². The van der Waals surface area contributed by atoms with Gasteiger partial charge in [0.2, 0.25) is 0 Å². The summed E-state index contributed by atoms with van der Waals surface area (Å²) in [7, 11) is -2.77. The van der Waals surface area contributed by atoms with Crippen molar-refractivity contribution < 1.29 is 8.42 Å². The Kier molecular flexibility index (Phi) is 4.80. The standard InChI is InChI=1S/C12H25NO2S/c1-4-13-11(3)12(8-9-12)7-6-10-16(14,15)5-2/h11,13H,4-10H2,1-3H3. The van der Waals surface area contributed by atoms with Crippen molar-refractivity contribution >= 4 is 9.84 Å². The van der Waals surface area contributed by atoms with E-state index in [1.54, 1.807) is 6.92 Å². The molecule has 1 aliphatic carbocycles. The Labute approximate surface area is 99.9 Å². The molecule has 0 aromatic heterocycles. The molecule has 1 atom stereocenters. The van der Waals surface area contributed by atoms with Crippen LogP contribution >= 0.6 is 0 Å². The molecule has 0 amide bonds. The summed E-state index contributed by atoms with van der Waals surface area (Å²) in [6, 6.07) is 0.529. The fourth-order valence-electron chi connectivity index (χ4n) is 2.37. The minimum atomic E-state index is -2.77.